The number of rotatable bonds is 4. The molecule has 5 nitrogen and oxygen atoms in total. The Labute approximate surface area is 117 Å². The van der Waals surface area contributed by atoms with E-state index in [9.17, 15) is 4.79 Å². The Morgan fingerprint density at radius 3 is 2.83 bits per heavy atom. The van der Waals surface area contributed by atoms with Crippen molar-refractivity contribution >= 4 is 39.0 Å². The number of carbonyl (C=O) groups is 1. The Hall–Kier alpha value is -1.47. The van der Waals surface area contributed by atoms with Crippen molar-refractivity contribution in [3.8, 4) is 0 Å². The molecule has 18 heavy (non-hydrogen) atoms. The van der Waals surface area contributed by atoms with Crippen LogP contribution in [0.5, 0.6) is 0 Å². The molecule has 0 saturated carbocycles. The summed E-state index contributed by atoms with van der Waals surface area (Å²) in [5, 5.41) is 7.61. The zero-order valence-electron chi connectivity index (χ0n) is 9.61. The van der Waals surface area contributed by atoms with Crippen LogP contribution in [0.3, 0.4) is 0 Å². The summed E-state index contributed by atoms with van der Waals surface area (Å²) >= 11 is 5.00. The van der Waals surface area contributed by atoms with Gasteiger partial charge in [0.15, 0.2) is 0 Å². The Balaban J connectivity index is 1.97. The summed E-state index contributed by atoms with van der Waals surface area (Å²) in [6.07, 6.45) is 2.97. The standard InChI is InChI=1S/C11H11BrN4OS/c1-13-10-6-14-8(4-15-10)11(17)16-5-9-7(12)2-3-18-9/h2-4,6H,5H2,1H3,(H,13,15)(H,16,17). The van der Waals surface area contributed by atoms with Gasteiger partial charge in [-0.25, -0.2) is 9.97 Å². The Morgan fingerprint density at radius 2 is 2.28 bits per heavy atom. The van der Waals surface area contributed by atoms with Crippen molar-refractivity contribution in [3.63, 3.8) is 0 Å². The molecule has 2 aromatic heterocycles. The smallest absolute Gasteiger partial charge is 0.271 e. The van der Waals surface area contributed by atoms with Crippen molar-refractivity contribution in [2.24, 2.45) is 0 Å². The van der Waals surface area contributed by atoms with Crippen LogP contribution in [0.4, 0.5) is 5.82 Å². The number of nitrogens with zero attached hydrogens (tertiary/aromatic N) is 2. The van der Waals surface area contributed by atoms with Gasteiger partial charge < -0.3 is 10.6 Å². The first-order chi connectivity index (χ1) is 8.70. The molecule has 0 aliphatic carbocycles. The van der Waals surface area contributed by atoms with E-state index in [1.165, 1.54) is 12.4 Å². The van der Waals surface area contributed by atoms with Crippen LogP contribution in [0.1, 0.15) is 15.4 Å². The quantitative estimate of drug-likeness (QED) is 0.904. The second kappa shape index (κ2) is 5.92. The number of amides is 1. The van der Waals surface area contributed by atoms with E-state index in [2.05, 4.69) is 36.5 Å². The lowest BCUT2D eigenvalue weighted by Crippen LogP contribution is -2.23. The van der Waals surface area contributed by atoms with E-state index in [1.54, 1.807) is 18.4 Å². The zero-order valence-corrected chi connectivity index (χ0v) is 12.0. The molecule has 0 atom stereocenters. The van der Waals surface area contributed by atoms with Crippen molar-refractivity contribution in [2.45, 2.75) is 6.54 Å². The maximum atomic E-state index is 11.8. The molecule has 1 amide bonds. The minimum absolute atomic E-state index is 0.231. The third-order valence-corrected chi connectivity index (χ3v) is 4.17. The Kier molecular flexibility index (Phi) is 4.27. The van der Waals surface area contributed by atoms with E-state index < -0.39 is 0 Å². The lowest BCUT2D eigenvalue weighted by atomic mass is 10.4. The fourth-order valence-corrected chi connectivity index (χ4v) is 2.71. The van der Waals surface area contributed by atoms with Crippen molar-refractivity contribution < 1.29 is 4.79 Å². The first-order valence-corrected chi connectivity index (χ1v) is 6.88. The molecule has 2 heterocycles. The highest BCUT2D eigenvalue weighted by molar-refractivity contribution is 9.10. The average Bonchev–Trinajstić information content (AvgIpc) is 2.81. The van der Waals surface area contributed by atoms with Crippen LogP contribution in [0, 0.1) is 0 Å². The van der Waals surface area contributed by atoms with Gasteiger partial charge in [-0.15, -0.1) is 11.3 Å². The van der Waals surface area contributed by atoms with Crippen molar-refractivity contribution in [2.75, 3.05) is 12.4 Å². The van der Waals surface area contributed by atoms with Gasteiger partial charge in [-0.2, -0.15) is 0 Å². The van der Waals surface area contributed by atoms with Gasteiger partial charge in [-0.05, 0) is 27.4 Å². The second-order valence-electron chi connectivity index (χ2n) is 3.41. The number of aromatic nitrogens is 2. The topological polar surface area (TPSA) is 66.9 Å². The summed E-state index contributed by atoms with van der Waals surface area (Å²) in [7, 11) is 1.75. The lowest BCUT2D eigenvalue weighted by molar-refractivity contribution is 0.0946. The Morgan fingerprint density at radius 1 is 1.44 bits per heavy atom. The molecule has 7 heteroatoms. The van der Waals surface area contributed by atoms with Gasteiger partial charge in [0.1, 0.15) is 11.5 Å². The summed E-state index contributed by atoms with van der Waals surface area (Å²) in [6.45, 7) is 0.479. The van der Waals surface area contributed by atoms with Crippen LogP contribution in [-0.2, 0) is 6.54 Å². The van der Waals surface area contributed by atoms with E-state index >= 15 is 0 Å². The van der Waals surface area contributed by atoms with E-state index in [4.69, 9.17) is 0 Å². The fraction of sp³-hybridized carbons (Fsp3) is 0.182. The molecule has 0 radical (unpaired) electrons. The van der Waals surface area contributed by atoms with Gasteiger partial charge in [0.2, 0.25) is 0 Å². The summed E-state index contributed by atoms with van der Waals surface area (Å²) in [6, 6.07) is 1.95. The lowest BCUT2D eigenvalue weighted by Gasteiger charge is -2.04. The highest BCUT2D eigenvalue weighted by atomic mass is 79.9. The maximum absolute atomic E-state index is 11.8. The van der Waals surface area contributed by atoms with Crippen LogP contribution in [0.25, 0.3) is 0 Å². The molecule has 0 spiro atoms. The maximum Gasteiger partial charge on any atom is 0.271 e. The van der Waals surface area contributed by atoms with Crippen molar-refractivity contribution in [1.82, 2.24) is 15.3 Å². The largest absolute Gasteiger partial charge is 0.372 e. The molecule has 2 rings (SSSR count). The average molecular weight is 327 g/mol. The van der Waals surface area contributed by atoms with Gasteiger partial charge in [-0.3, -0.25) is 4.79 Å². The van der Waals surface area contributed by atoms with Gasteiger partial charge in [0, 0.05) is 16.4 Å². The summed E-state index contributed by atoms with van der Waals surface area (Å²) < 4.78 is 1.00. The SMILES string of the molecule is CNc1cnc(C(=O)NCc2sccc2Br)cn1. The van der Waals surface area contributed by atoms with Gasteiger partial charge in [0.25, 0.3) is 5.91 Å². The van der Waals surface area contributed by atoms with Crippen LogP contribution >= 0.6 is 27.3 Å². The van der Waals surface area contributed by atoms with Crippen molar-refractivity contribution in [1.29, 1.82) is 0 Å². The number of hydrogen-bond acceptors (Lipinski definition) is 5. The first-order valence-electron chi connectivity index (χ1n) is 5.20. The molecule has 2 N–H and O–H groups in total. The van der Waals surface area contributed by atoms with Gasteiger partial charge in [-0.1, -0.05) is 0 Å². The zero-order chi connectivity index (χ0) is 13.0. The fourth-order valence-electron chi connectivity index (χ4n) is 1.28. The number of hydrogen-bond donors (Lipinski definition) is 2. The predicted octanol–water partition coefficient (Wildman–Crippen LogP) is 2.27. The summed E-state index contributed by atoms with van der Waals surface area (Å²) in [5.74, 6) is 0.401. The van der Waals surface area contributed by atoms with E-state index in [0.29, 0.717) is 18.1 Å². The number of halogens is 1. The molecule has 94 valence electrons. The number of carbonyl (C=O) groups excluding carboxylic acids is 1. The van der Waals surface area contributed by atoms with Gasteiger partial charge in [0.05, 0.1) is 18.9 Å². The molecule has 0 unspecified atom stereocenters. The number of anilines is 1. The molecule has 2 aromatic rings. The molecule has 0 fully saturated rings. The second-order valence-corrected chi connectivity index (χ2v) is 5.27. The molecular weight excluding hydrogens is 316 g/mol. The number of nitrogens with one attached hydrogen (secondary N) is 2. The van der Waals surface area contributed by atoms with E-state index in [1.807, 2.05) is 11.4 Å². The minimum Gasteiger partial charge on any atom is -0.372 e. The van der Waals surface area contributed by atoms with Crippen LogP contribution < -0.4 is 10.6 Å². The van der Waals surface area contributed by atoms with Crippen LogP contribution in [0.15, 0.2) is 28.3 Å². The van der Waals surface area contributed by atoms with Gasteiger partial charge >= 0.3 is 0 Å². The third kappa shape index (κ3) is 3.05. The van der Waals surface area contributed by atoms with Crippen LogP contribution in [0.2, 0.25) is 0 Å². The molecule has 0 aliphatic heterocycles. The normalized spacial score (nSPS) is 10.1. The highest BCUT2D eigenvalue weighted by Crippen LogP contribution is 2.22. The van der Waals surface area contributed by atoms with Crippen LogP contribution in [-0.4, -0.2) is 22.9 Å². The third-order valence-electron chi connectivity index (χ3n) is 2.24. The monoisotopic (exact) mass is 326 g/mol. The molecule has 0 saturated heterocycles. The molecule has 0 aromatic carbocycles. The predicted molar refractivity (Wildman–Crippen MR) is 74.8 cm³/mol. The first kappa shape index (κ1) is 13.0. The summed E-state index contributed by atoms with van der Waals surface area (Å²) in [4.78, 5) is 20.9. The van der Waals surface area contributed by atoms with Crippen molar-refractivity contribution in [3.05, 3.63) is 38.9 Å². The Bertz CT molecular complexity index is 540. The molecular formula is C11H11BrN4OS. The highest BCUT2D eigenvalue weighted by Gasteiger charge is 2.09. The minimum atomic E-state index is -0.231. The summed E-state index contributed by atoms with van der Waals surface area (Å²) in [5.41, 5.74) is 0.307. The number of thiophene rings is 1. The van der Waals surface area contributed by atoms with E-state index in [0.717, 1.165) is 9.35 Å². The molecule has 0 bridgehead atoms. The molecule has 0 aliphatic rings. The van der Waals surface area contributed by atoms with E-state index in [-0.39, 0.29) is 5.91 Å².